The molecular formula is C19H17Br2N3O4. The summed E-state index contributed by atoms with van der Waals surface area (Å²) < 4.78 is 13.9. The first-order valence-corrected chi connectivity index (χ1v) is 9.78. The summed E-state index contributed by atoms with van der Waals surface area (Å²) in [7, 11) is 3.22. The summed E-state index contributed by atoms with van der Waals surface area (Å²) in [4.78, 5) is 12.1. The summed E-state index contributed by atoms with van der Waals surface area (Å²) in [6.07, 6.45) is 0. The molecule has 2 aromatic carbocycles. The molecule has 28 heavy (non-hydrogen) atoms. The Labute approximate surface area is 178 Å². The number of azo groups is 1. The Hall–Kier alpha value is -2.39. The third-order valence-corrected chi connectivity index (χ3v) is 5.16. The number of benzene rings is 2. The molecule has 1 aromatic heterocycles. The van der Waals surface area contributed by atoms with Gasteiger partial charge in [0.15, 0.2) is 23.8 Å². The van der Waals surface area contributed by atoms with Gasteiger partial charge in [-0.15, -0.1) is 10.2 Å². The van der Waals surface area contributed by atoms with Gasteiger partial charge in [-0.25, -0.2) is 0 Å². The van der Waals surface area contributed by atoms with E-state index in [9.17, 15) is 9.90 Å². The third-order valence-electron chi connectivity index (χ3n) is 4.07. The fourth-order valence-corrected chi connectivity index (χ4v) is 3.96. The molecule has 0 bridgehead atoms. The van der Waals surface area contributed by atoms with Gasteiger partial charge in [-0.3, -0.25) is 4.79 Å². The number of fused-ring (bicyclic) bond motifs is 1. The molecule has 0 aliphatic carbocycles. The summed E-state index contributed by atoms with van der Waals surface area (Å²) in [5, 5.41) is 18.7. The van der Waals surface area contributed by atoms with Gasteiger partial charge in [0, 0.05) is 21.4 Å². The number of carbonyl (C=O) groups excluding carboxylic acids is 1. The molecule has 1 amide bonds. The fourth-order valence-electron chi connectivity index (χ4n) is 2.77. The molecule has 146 valence electrons. The highest BCUT2D eigenvalue weighted by Crippen LogP contribution is 2.41. The lowest BCUT2D eigenvalue weighted by Crippen LogP contribution is -2.08. The highest BCUT2D eigenvalue weighted by Gasteiger charge is 2.17. The van der Waals surface area contributed by atoms with Crippen LogP contribution in [0.1, 0.15) is 5.56 Å². The zero-order chi connectivity index (χ0) is 20.4. The van der Waals surface area contributed by atoms with Crippen molar-refractivity contribution >= 4 is 54.4 Å². The lowest BCUT2D eigenvalue weighted by atomic mass is 10.1. The average Bonchev–Trinajstić information content (AvgIpc) is 2.89. The number of ether oxygens (including phenoxy) is 2. The molecule has 0 atom stereocenters. The van der Waals surface area contributed by atoms with E-state index in [-0.39, 0.29) is 18.2 Å². The zero-order valence-corrected chi connectivity index (χ0v) is 18.5. The largest absolute Gasteiger partial charge is 0.493 e. The second kappa shape index (κ2) is 8.32. The highest BCUT2D eigenvalue weighted by atomic mass is 79.9. The average molecular weight is 511 g/mol. The Kier molecular flexibility index (Phi) is 6.04. The van der Waals surface area contributed by atoms with Crippen LogP contribution >= 0.6 is 31.9 Å². The minimum Gasteiger partial charge on any atom is -0.493 e. The smallest absolute Gasteiger partial charge is 0.302 e. The van der Waals surface area contributed by atoms with Crippen molar-refractivity contribution < 1.29 is 19.4 Å². The lowest BCUT2D eigenvalue weighted by Gasteiger charge is -2.09. The van der Waals surface area contributed by atoms with E-state index >= 15 is 0 Å². The Morgan fingerprint density at radius 1 is 1.21 bits per heavy atom. The van der Waals surface area contributed by atoms with Crippen LogP contribution in [0.5, 0.6) is 17.4 Å². The van der Waals surface area contributed by atoms with Gasteiger partial charge in [0.25, 0.3) is 0 Å². The van der Waals surface area contributed by atoms with E-state index in [1.807, 2.05) is 19.1 Å². The standard InChI is InChI=1S/C19H17Br2N3O4/c1-10-6-12-17(19(26)24(2)18(12)13(21)7-10)23-22-16(25)9-28-14-5-4-11(20)8-15(14)27-3/h4-8,26H,9H2,1-3H3. The van der Waals surface area contributed by atoms with Crippen molar-refractivity contribution in [3.05, 3.63) is 44.8 Å². The van der Waals surface area contributed by atoms with Crippen LogP contribution in [0.15, 0.2) is 49.5 Å². The van der Waals surface area contributed by atoms with Crippen LogP contribution in [-0.4, -0.2) is 29.3 Å². The van der Waals surface area contributed by atoms with Gasteiger partial charge >= 0.3 is 5.91 Å². The predicted octanol–water partition coefficient (Wildman–Crippen LogP) is 5.42. The molecule has 0 unspecified atom stereocenters. The van der Waals surface area contributed by atoms with Crippen LogP contribution in [0, 0.1) is 6.92 Å². The van der Waals surface area contributed by atoms with Crippen molar-refractivity contribution in [3.8, 4) is 17.4 Å². The van der Waals surface area contributed by atoms with Crippen LogP contribution in [0.4, 0.5) is 5.69 Å². The molecule has 7 nitrogen and oxygen atoms in total. The van der Waals surface area contributed by atoms with E-state index in [0.717, 1.165) is 20.0 Å². The molecule has 0 aliphatic rings. The molecule has 0 saturated heterocycles. The summed E-state index contributed by atoms with van der Waals surface area (Å²) in [5.74, 6) is 0.245. The van der Waals surface area contributed by atoms with E-state index in [1.54, 1.807) is 29.8 Å². The summed E-state index contributed by atoms with van der Waals surface area (Å²) in [6, 6.07) is 9.01. The van der Waals surface area contributed by atoms with Crippen molar-refractivity contribution in [2.24, 2.45) is 17.3 Å². The quantitative estimate of drug-likeness (QED) is 0.464. The maximum atomic E-state index is 12.1. The first-order chi connectivity index (χ1) is 13.3. The van der Waals surface area contributed by atoms with Gasteiger partial charge in [0.05, 0.1) is 12.6 Å². The summed E-state index contributed by atoms with van der Waals surface area (Å²) in [5.41, 5.74) is 1.98. The zero-order valence-electron chi connectivity index (χ0n) is 15.4. The Balaban J connectivity index is 1.81. The van der Waals surface area contributed by atoms with Crippen LogP contribution in [0.3, 0.4) is 0 Å². The number of carbonyl (C=O) groups is 1. The predicted molar refractivity (Wildman–Crippen MR) is 113 cm³/mol. The molecule has 0 aliphatic heterocycles. The van der Waals surface area contributed by atoms with Crippen LogP contribution in [0.25, 0.3) is 10.9 Å². The molecular weight excluding hydrogens is 494 g/mol. The van der Waals surface area contributed by atoms with Gasteiger partial charge in [-0.1, -0.05) is 15.9 Å². The monoisotopic (exact) mass is 509 g/mol. The number of aromatic hydroxyl groups is 1. The number of aryl methyl sites for hydroxylation is 2. The van der Waals surface area contributed by atoms with E-state index < -0.39 is 5.91 Å². The number of methoxy groups -OCH3 is 1. The number of hydrogen-bond acceptors (Lipinski definition) is 5. The molecule has 0 radical (unpaired) electrons. The number of nitrogens with zero attached hydrogens (tertiary/aromatic N) is 3. The molecule has 1 N–H and O–H groups in total. The van der Waals surface area contributed by atoms with Gasteiger partial charge < -0.3 is 19.1 Å². The number of amides is 1. The number of halogens is 2. The van der Waals surface area contributed by atoms with E-state index in [2.05, 4.69) is 42.1 Å². The fraction of sp³-hybridized carbons (Fsp3) is 0.211. The summed E-state index contributed by atoms with van der Waals surface area (Å²) in [6.45, 7) is 1.62. The minimum absolute atomic E-state index is 0.0756. The lowest BCUT2D eigenvalue weighted by molar-refractivity contribution is -0.120. The minimum atomic E-state index is -0.590. The number of rotatable bonds is 5. The second-order valence-corrected chi connectivity index (χ2v) is 7.82. The second-order valence-electron chi connectivity index (χ2n) is 6.05. The first kappa shape index (κ1) is 20.3. The molecule has 1 heterocycles. The van der Waals surface area contributed by atoms with Gasteiger partial charge in [-0.2, -0.15) is 0 Å². The number of hydrogen-bond donors (Lipinski definition) is 1. The molecule has 9 heteroatoms. The van der Waals surface area contributed by atoms with E-state index in [0.29, 0.717) is 16.9 Å². The summed E-state index contributed by atoms with van der Waals surface area (Å²) >= 11 is 6.83. The molecule has 0 spiro atoms. The maximum absolute atomic E-state index is 12.1. The van der Waals surface area contributed by atoms with Crippen LogP contribution in [0.2, 0.25) is 0 Å². The Bertz CT molecular complexity index is 1090. The molecule has 3 aromatic rings. The van der Waals surface area contributed by atoms with Gasteiger partial charge in [0.2, 0.25) is 5.88 Å². The molecule has 0 saturated carbocycles. The first-order valence-electron chi connectivity index (χ1n) is 8.20. The van der Waals surface area contributed by atoms with Crippen molar-refractivity contribution in [2.45, 2.75) is 6.92 Å². The van der Waals surface area contributed by atoms with Gasteiger partial charge in [-0.05, 0) is 58.7 Å². The van der Waals surface area contributed by atoms with E-state index in [4.69, 9.17) is 9.47 Å². The Morgan fingerprint density at radius 3 is 2.68 bits per heavy atom. The number of aromatic nitrogens is 1. The normalized spacial score (nSPS) is 11.3. The van der Waals surface area contributed by atoms with Crippen molar-refractivity contribution in [1.29, 1.82) is 0 Å². The van der Waals surface area contributed by atoms with E-state index in [1.165, 1.54) is 7.11 Å². The van der Waals surface area contributed by atoms with Crippen molar-refractivity contribution in [3.63, 3.8) is 0 Å². The SMILES string of the molecule is COc1cc(Br)ccc1OCC(=O)N=Nc1c(O)n(C)c2c(Br)cc(C)cc12. The van der Waals surface area contributed by atoms with Crippen LogP contribution in [-0.2, 0) is 11.8 Å². The van der Waals surface area contributed by atoms with Crippen molar-refractivity contribution in [1.82, 2.24) is 4.57 Å². The molecule has 0 fully saturated rings. The van der Waals surface area contributed by atoms with Gasteiger partial charge in [0.1, 0.15) is 0 Å². The maximum Gasteiger partial charge on any atom is 0.302 e. The Morgan fingerprint density at radius 2 is 1.96 bits per heavy atom. The topological polar surface area (TPSA) is 85.4 Å². The highest BCUT2D eigenvalue weighted by molar-refractivity contribution is 9.11. The van der Waals surface area contributed by atoms with Crippen LogP contribution < -0.4 is 9.47 Å². The molecule has 3 rings (SSSR count). The van der Waals surface area contributed by atoms with Crippen molar-refractivity contribution in [2.75, 3.05) is 13.7 Å². The third kappa shape index (κ3) is 4.05.